The standard InChI is InChI=1S/C16H14INO2Si/c1-3-8-21(2)14-9-10(19)4-5-11(14)18-12-6-7-13(20)15(17)16(12)21/h3-7,9,19H,1,8H2,2H3. The zero-order valence-electron chi connectivity index (χ0n) is 11.6. The molecule has 0 saturated heterocycles. The van der Waals surface area contributed by atoms with Gasteiger partial charge >= 0.3 is 0 Å². The molecule has 5 heteroatoms. The molecule has 0 aromatic heterocycles. The van der Waals surface area contributed by atoms with E-state index in [1.54, 1.807) is 18.2 Å². The Hall–Kier alpha value is -1.47. The van der Waals surface area contributed by atoms with E-state index in [-0.39, 0.29) is 11.5 Å². The summed E-state index contributed by atoms with van der Waals surface area (Å²) in [5, 5.41) is 12.0. The highest BCUT2D eigenvalue weighted by molar-refractivity contribution is 14.1. The largest absolute Gasteiger partial charge is 0.508 e. The Labute approximate surface area is 137 Å². The maximum atomic E-state index is 12.1. The average Bonchev–Trinajstić information content (AvgIpc) is 2.44. The van der Waals surface area contributed by atoms with E-state index >= 15 is 0 Å². The number of phenols is 1. The number of benzene rings is 1. The third-order valence-corrected chi connectivity index (χ3v) is 9.89. The van der Waals surface area contributed by atoms with Crippen LogP contribution in [0.15, 0.2) is 56.8 Å². The summed E-state index contributed by atoms with van der Waals surface area (Å²) in [6.07, 6.45) is 5.30. The first-order chi connectivity index (χ1) is 9.97. The third-order valence-electron chi connectivity index (χ3n) is 4.00. The number of carbonyl (C=O) groups excluding carboxylic acids is 1. The van der Waals surface area contributed by atoms with Gasteiger partial charge in [-0.3, -0.25) is 4.79 Å². The van der Waals surface area contributed by atoms with Gasteiger partial charge in [-0.2, -0.15) is 0 Å². The van der Waals surface area contributed by atoms with E-state index in [1.807, 2.05) is 18.2 Å². The van der Waals surface area contributed by atoms with E-state index in [2.05, 4.69) is 40.7 Å². The molecule has 0 bridgehead atoms. The molecule has 1 aromatic rings. The first-order valence-corrected chi connectivity index (χ1v) is 10.4. The zero-order valence-corrected chi connectivity index (χ0v) is 14.7. The zero-order chi connectivity index (χ0) is 15.2. The van der Waals surface area contributed by atoms with Gasteiger partial charge in [-0.1, -0.05) is 12.6 Å². The number of halogens is 1. The van der Waals surface area contributed by atoms with E-state index in [0.29, 0.717) is 0 Å². The fraction of sp³-hybridized carbons (Fsp3) is 0.125. The highest BCUT2D eigenvalue weighted by Crippen LogP contribution is 2.38. The van der Waals surface area contributed by atoms with Crippen LogP contribution in [-0.2, 0) is 4.79 Å². The first kappa shape index (κ1) is 14.5. The lowest BCUT2D eigenvalue weighted by atomic mass is 10.1. The number of fused-ring (bicyclic) bond motifs is 2. The summed E-state index contributed by atoms with van der Waals surface area (Å²) in [6, 6.07) is 6.11. The molecule has 0 spiro atoms. The average molecular weight is 407 g/mol. The van der Waals surface area contributed by atoms with Gasteiger partial charge in [0, 0.05) is 0 Å². The molecule has 21 heavy (non-hydrogen) atoms. The molecule has 106 valence electrons. The predicted octanol–water partition coefficient (Wildman–Crippen LogP) is 3.32. The number of hydrogen-bond donors (Lipinski definition) is 1. The predicted molar refractivity (Wildman–Crippen MR) is 96.7 cm³/mol. The Bertz CT molecular complexity index is 764. The van der Waals surface area contributed by atoms with Gasteiger partial charge in [0.25, 0.3) is 0 Å². The molecule has 1 atom stereocenters. The molecule has 1 aliphatic heterocycles. The van der Waals surface area contributed by atoms with E-state index < -0.39 is 8.07 Å². The summed E-state index contributed by atoms with van der Waals surface area (Å²) in [5.74, 6) is 0.277. The molecular formula is C16H14INO2Si. The second-order valence-electron chi connectivity index (χ2n) is 5.41. The van der Waals surface area contributed by atoms with Gasteiger partial charge in [-0.25, -0.2) is 4.99 Å². The van der Waals surface area contributed by atoms with Crippen molar-refractivity contribution in [2.75, 3.05) is 0 Å². The number of ketones is 1. The summed E-state index contributed by atoms with van der Waals surface area (Å²) in [4.78, 5) is 16.7. The number of aromatic hydroxyl groups is 1. The lowest BCUT2D eigenvalue weighted by Crippen LogP contribution is -2.52. The van der Waals surface area contributed by atoms with Crippen LogP contribution in [0.3, 0.4) is 0 Å². The highest BCUT2D eigenvalue weighted by atomic mass is 127. The number of phenolic OH excluding ortho intramolecular Hbond substituents is 1. The van der Waals surface area contributed by atoms with Crippen molar-refractivity contribution in [3.05, 3.63) is 51.8 Å². The Morgan fingerprint density at radius 3 is 2.90 bits per heavy atom. The van der Waals surface area contributed by atoms with Gasteiger partial charge in [0.05, 0.1) is 15.0 Å². The lowest BCUT2D eigenvalue weighted by molar-refractivity contribution is -0.110. The minimum absolute atomic E-state index is 0.0379. The van der Waals surface area contributed by atoms with E-state index in [4.69, 9.17) is 0 Å². The van der Waals surface area contributed by atoms with Crippen LogP contribution in [0.2, 0.25) is 12.6 Å². The van der Waals surface area contributed by atoms with Crippen LogP contribution in [0.1, 0.15) is 0 Å². The molecule has 1 N–H and O–H groups in total. The number of nitrogens with zero attached hydrogens (tertiary/aromatic N) is 1. The Morgan fingerprint density at radius 2 is 2.19 bits per heavy atom. The molecule has 3 nitrogen and oxygen atoms in total. The van der Waals surface area contributed by atoms with Crippen molar-refractivity contribution in [1.82, 2.24) is 0 Å². The van der Waals surface area contributed by atoms with Gasteiger partial charge in [0.15, 0.2) is 5.78 Å². The van der Waals surface area contributed by atoms with Crippen molar-refractivity contribution >= 4 is 53.0 Å². The second kappa shape index (κ2) is 5.06. The molecular weight excluding hydrogens is 393 g/mol. The molecule has 0 saturated carbocycles. The van der Waals surface area contributed by atoms with Crippen molar-refractivity contribution in [2.24, 2.45) is 4.99 Å². The number of carbonyl (C=O) groups is 1. The smallest absolute Gasteiger partial charge is 0.191 e. The minimum atomic E-state index is -2.16. The molecule has 3 rings (SSSR count). The van der Waals surface area contributed by atoms with Crippen molar-refractivity contribution in [3.8, 4) is 5.75 Å². The molecule has 1 heterocycles. The number of hydrogen-bond acceptors (Lipinski definition) is 3. The molecule has 1 unspecified atom stereocenters. The van der Waals surface area contributed by atoms with Crippen LogP contribution in [-0.4, -0.2) is 24.7 Å². The molecule has 0 amide bonds. The van der Waals surface area contributed by atoms with Crippen LogP contribution >= 0.6 is 22.6 Å². The number of aliphatic imine (C=N–C) groups is 1. The Kier molecular flexibility index (Phi) is 3.49. The van der Waals surface area contributed by atoms with E-state index in [1.165, 1.54) is 0 Å². The van der Waals surface area contributed by atoms with Crippen LogP contribution in [0, 0.1) is 0 Å². The minimum Gasteiger partial charge on any atom is -0.508 e. The number of allylic oxidation sites excluding steroid dienone is 5. The van der Waals surface area contributed by atoms with Crippen molar-refractivity contribution in [2.45, 2.75) is 12.6 Å². The van der Waals surface area contributed by atoms with Gasteiger partial charge in [-0.05, 0) is 69.4 Å². The maximum absolute atomic E-state index is 12.1. The first-order valence-electron chi connectivity index (χ1n) is 6.63. The van der Waals surface area contributed by atoms with Gasteiger partial charge in [0.2, 0.25) is 0 Å². The van der Waals surface area contributed by atoms with Gasteiger partial charge < -0.3 is 5.11 Å². The lowest BCUT2D eigenvalue weighted by Gasteiger charge is -2.36. The SMILES string of the molecule is C=CC[Si]1(C)C2=C(I)C(=O)C=CC2=Nc2ccc(O)cc21. The summed E-state index contributed by atoms with van der Waals surface area (Å²) in [6.45, 7) is 6.09. The van der Waals surface area contributed by atoms with E-state index in [0.717, 1.165) is 31.4 Å². The van der Waals surface area contributed by atoms with Gasteiger partial charge in [0.1, 0.15) is 13.8 Å². The van der Waals surface area contributed by atoms with Crippen molar-refractivity contribution in [1.29, 1.82) is 0 Å². The highest BCUT2D eigenvalue weighted by Gasteiger charge is 2.43. The summed E-state index contributed by atoms with van der Waals surface area (Å²) >= 11 is 2.13. The maximum Gasteiger partial charge on any atom is 0.191 e. The molecule has 2 aliphatic rings. The second-order valence-corrected chi connectivity index (χ2v) is 10.6. The number of rotatable bonds is 2. The molecule has 1 aliphatic carbocycles. The van der Waals surface area contributed by atoms with Gasteiger partial charge in [-0.15, -0.1) is 6.58 Å². The van der Waals surface area contributed by atoms with Crippen molar-refractivity contribution in [3.63, 3.8) is 0 Å². The van der Waals surface area contributed by atoms with Crippen LogP contribution < -0.4 is 5.19 Å². The fourth-order valence-corrected chi connectivity index (χ4v) is 8.99. The molecule has 1 aromatic carbocycles. The van der Waals surface area contributed by atoms with Crippen LogP contribution in [0.5, 0.6) is 5.75 Å². The fourth-order valence-electron chi connectivity index (χ4n) is 2.99. The molecule has 0 radical (unpaired) electrons. The Morgan fingerprint density at radius 1 is 1.43 bits per heavy atom. The summed E-state index contributed by atoms with van der Waals surface area (Å²) < 4.78 is 0.749. The normalized spacial score (nSPS) is 23.5. The third kappa shape index (κ3) is 2.15. The van der Waals surface area contributed by atoms with Crippen molar-refractivity contribution < 1.29 is 9.90 Å². The van der Waals surface area contributed by atoms with E-state index in [9.17, 15) is 9.90 Å². The Balaban J connectivity index is 2.36. The summed E-state index contributed by atoms with van der Waals surface area (Å²) in [7, 11) is -2.16. The van der Waals surface area contributed by atoms with Crippen LogP contribution in [0.25, 0.3) is 0 Å². The quantitative estimate of drug-likeness (QED) is 0.354. The molecule has 0 fully saturated rings. The van der Waals surface area contributed by atoms with Crippen LogP contribution in [0.4, 0.5) is 5.69 Å². The summed E-state index contributed by atoms with van der Waals surface area (Å²) in [5.41, 5.74) is 1.78. The topological polar surface area (TPSA) is 49.7 Å². The monoisotopic (exact) mass is 407 g/mol.